The van der Waals surface area contributed by atoms with E-state index in [1.54, 1.807) is 0 Å². The van der Waals surface area contributed by atoms with Gasteiger partial charge >= 0.3 is 11.9 Å². The number of primary amides is 1. The van der Waals surface area contributed by atoms with E-state index in [0.29, 0.717) is 11.3 Å². The number of hydrogen-bond donors (Lipinski definition) is 2. The summed E-state index contributed by atoms with van der Waals surface area (Å²) in [5.74, 6) is -2.28. The molecule has 0 atom stereocenters. The number of pyridine rings is 1. The van der Waals surface area contributed by atoms with E-state index < -0.39 is 34.4 Å². The van der Waals surface area contributed by atoms with E-state index in [-0.39, 0.29) is 56.3 Å². The lowest BCUT2D eigenvalue weighted by Crippen LogP contribution is -2.18. The number of nitrogens with one attached hydrogen (secondary N) is 1. The molecule has 1 aromatic carbocycles. The molecule has 0 saturated heterocycles. The smallest absolute Gasteiger partial charge is 0.365 e. The maximum absolute atomic E-state index is 13.6. The molecule has 15 heteroatoms. The minimum atomic E-state index is -4.83. The highest BCUT2D eigenvalue weighted by molar-refractivity contribution is 7.21. The Kier molecular flexibility index (Phi) is 6.64. The third kappa shape index (κ3) is 5.25. The summed E-state index contributed by atoms with van der Waals surface area (Å²) in [6, 6.07) is 5.36. The maximum Gasteiger partial charge on any atom is 0.433 e. The van der Waals surface area contributed by atoms with Crippen molar-refractivity contribution in [1.82, 2.24) is 14.8 Å². The van der Waals surface area contributed by atoms with Gasteiger partial charge in [-0.25, -0.2) is 9.37 Å². The average Bonchev–Trinajstić information content (AvgIpc) is 3.37. The second kappa shape index (κ2) is 9.57. The normalized spacial score (nSPS) is 11.6. The Morgan fingerprint density at radius 3 is 2.49 bits per heavy atom. The van der Waals surface area contributed by atoms with Crippen LogP contribution in [0.1, 0.15) is 27.5 Å². The van der Waals surface area contributed by atoms with Crippen LogP contribution < -0.4 is 11.1 Å². The van der Waals surface area contributed by atoms with Crippen molar-refractivity contribution in [3.05, 3.63) is 68.7 Å². The molecule has 0 fully saturated rings. The third-order valence-corrected chi connectivity index (χ3v) is 6.38. The van der Waals surface area contributed by atoms with Gasteiger partial charge in [0, 0.05) is 18.4 Å². The SMILES string of the molecule is Cc1nn(CCC(=O)Nc2c(C(N)=O)sc3nc(C(F)(F)F)cc(-c4ccc(F)cc4)c23)cc1[N+](=O)[O-]. The zero-order valence-corrected chi connectivity index (χ0v) is 19.6. The number of aryl methyl sites for hydroxylation is 2. The van der Waals surface area contributed by atoms with E-state index in [4.69, 9.17) is 5.73 Å². The van der Waals surface area contributed by atoms with Crippen LogP contribution in [0.5, 0.6) is 0 Å². The van der Waals surface area contributed by atoms with Crippen LogP contribution in [0.4, 0.5) is 28.9 Å². The van der Waals surface area contributed by atoms with Gasteiger partial charge in [0.05, 0.1) is 10.6 Å². The Hall–Kier alpha value is -4.40. The van der Waals surface area contributed by atoms with Crippen molar-refractivity contribution in [2.45, 2.75) is 26.1 Å². The standard InChI is InChI=1S/C22H16F4N6O4S/c1-10-14(32(35)36)9-31(30-10)7-6-16(33)29-18-17-13(11-2-4-12(23)5-3-11)8-15(22(24,25)26)28-21(17)37-19(18)20(27)34/h2-5,8-9H,6-7H2,1H3,(H2,27,34)(H,29,33). The van der Waals surface area contributed by atoms with Crippen molar-refractivity contribution in [3.8, 4) is 11.1 Å². The number of nitrogens with two attached hydrogens (primary N) is 1. The van der Waals surface area contributed by atoms with E-state index in [1.807, 2.05) is 0 Å². The number of amides is 2. The summed E-state index contributed by atoms with van der Waals surface area (Å²) < 4.78 is 55.4. The van der Waals surface area contributed by atoms with Gasteiger partial charge in [-0.2, -0.15) is 18.3 Å². The number of fused-ring (bicyclic) bond motifs is 1. The summed E-state index contributed by atoms with van der Waals surface area (Å²) in [5, 5.41) is 17.5. The topological polar surface area (TPSA) is 146 Å². The average molecular weight is 536 g/mol. The van der Waals surface area contributed by atoms with Gasteiger partial charge in [-0.1, -0.05) is 12.1 Å². The molecule has 4 rings (SSSR count). The predicted molar refractivity (Wildman–Crippen MR) is 125 cm³/mol. The van der Waals surface area contributed by atoms with Crippen LogP contribution >= 0.6 is 11.3 Å². The highest BCUT2D eigenvalue weighted by atomic mass is 32.1. The second-order valence-corrected chi connectivity index (χ2v) is 8.83. The quantitative estimate of drug-likeness (QED) is 0.200. The lowest BCUT2D eigenvalue weighted by Gasteiger charge is -2.12. The van der Waals surface area contributed by atoms with E-state index in [1.165, 1.54) is 23.7 Å². The second-order valence-electron chi connectivity index (χ2n) is 7.83. The summed E-state index contributed by atoms with van der Waals surface area (Å²) in [5.41, 5.74) is 4.12. The summed E-state index contributed by atoms with van der Waals surface area (Å²) >= 11 is 0.572. The molecule has 0 aliphatic carbocycles. The first-order chi connectivity index (χ1) is 17.3. The maximum atomic E-state index is 13.6. The number of nitro groups is 1. The summed E-state index contributed by atoms with van der Waals surface area (Å²) in [4.78, 5) is 38.5. The molecule has 4 aromatic rings. The molecule has 2 amide bonds. The first-order valence-electron chi connectivity index (χ1n) is 10.4. The number of aromatic nitrogens is 3. The zero-order valence-electron chi connectivity index (χ0n) is 18.8. The molecule has 0 aliphatic heterocycles. The number of anilines is 1. The minimum absolute atomic E-state index is 0.0253. The molecule has 0 spiro atoms. The van der Waals surface area contributed by atoms with Gasteiger partial charge in [-0.3, -0.25) is 24.4 Å². The number of carbonyl (C=O) groups is 2. The fourth-order valence-electron chi connectivity index (χ4n) is 3.61. The largest absolute Gasteiger partial charge is 0.433 e. The molecule has 3 heterocycles. The molecular weight excluding hydrogens is 520 g/mol. The minimum Gasteiger partial charge on any atom is -0.365 e. The number of rotatable bonds is 7. The number of hydrogen-bond acceptors (Lipinski definition) is 7. The zero-order chi connectivity index (χ0) is 27.1. The number of halogens is 4. The Labute approximate surface area is 208 Å². The summed E-state index contributed by atoms with van der Waals surface area (Å²) in [6.07, 6.45) is -3.91. The van der Waals surface area contributed by atoms with Crippen LogP contribution in [0.2, 0.25) is 0 Å². The van der Waals surface area contributed by atoms with E-state index in [2.05, 4.69) is 15.4 Å². The Morgan fingerprint density at radius 1 is 1.24 bits per heavy atom. The van der Waals surface area contributed by atoms with Crippen molar-refractivity contribution in [2.75, 3.05) is 5.32 Å². The van der Waals surface area contributed by atoms with Crippen molar-refractivity contribution < 1.29 is 32.1 Å². The third-order valence-electron chi connectivity index (χ3n) is 5.28. The van der Waals surface area contributed by atoms with Gasteiger partial charge in [0.2, 0.25) is 5.91 Å². The highest BCUT2D eigenvalue weighted by Crippen LogP contribution is 2.43. The predicted octanol–water partition coefficient (Wildman–Crippen LogP) is 4.66. The molecule has 0 radical (unpaired) electrons. The Balaban J connectivity index is 1.76. The first kappa shape index (κ1) is 25.7. The fraction of sp³-hybridized carbons (Fsp3) is 0.182. The van der Waals surface area contributed by atoms with Crippen LogP contribution in [-0.4, -0.2) is 31.5 Å². The van der Waals surface area contributed by atoms with Crippen molar-refractivity contribution in [1.29, 1.82) is 0 Å². The van der Waals surface area contributed by atoms with Gasteiger partial charge in [-0.05, 0) is 36.2 Å². The van der Waals surface area contributed by atoms with Crippen LogP contribution in [0.3, 0.4) is 0 Å². The molecule has 0 unspecified atom stereocenters. The number of benzene rings is 1. The number of alkyl halides is 3. The highest BCUT2D eigenvalue weighted by Gasteiger charge is 2.35. The van der Waals surface area contributed by atoms with Gasteiger partial charge < -0.3 is 11.1 Å². The lowest BCUT2D eigenvalue weighted by atomic mass is 10.0. The molecular formula is C22H16F4N6O4S. The molecule has 0 aliphatic rings. The number of thiophene rings is 1. The van der Waals surface area contributed by atoms with Gasteiger partial charge in [0.25, 0.3) is 5.91 Å². The molecule has 3 N–H and O–H groups in total. The van der Waals surface area contributed by atoms with Crippen LogP contribution in [0, 0.1) is 22.9 Å². The summed E-state index contributed by atoms with van der Waals surface area (Å²) in [7, 11) is 0. The van der Waals surface area contributed by atoms with Gasteiger partial charge in [0.1, 0.15) is 33.1 Å². The Morgan fingerprint density at radius 2 is 1.92 bits per heavy atom. The van der Waals surface area contributed by atoms with Crippen LogP contribution in [0.25, 0.3) is 21.3 Å². The van der Waals surface area contributed by atoms with Gasteiger partial charge in [0.15, 0.2) is 0 Å². The van der Waals surface area contributed by atoms with E-state index in [9.17, 15) is 37.3 Å². The summed E-state index contributed by atoms with van der Waals surface area (Å²) in [6.45, 7) is 1.38. The van der Waals surface area contributed by atoms with Crippen molar-refractivity contribution in [2.24, 2.45) is 5.73 Å². The Bertz CT molecular complexity index is 1550. The van der Waals surface area contributed by atoms with Gasteiger partial charge in [-0.15, -0.1) is 11.3 Å². The molecule has 0 saturated carbocycles. The fourth-order valence-corrected chi connectivity index (χ4v) is 4.62. The number of nitrogens with zero attached hydrogens (tertiary/aromatic N) is 4. The molecule has 37 heavy (non-hydrogen) atoms. The first-order valence-corrected chi connectivity index (χ1v) is 11.3. The molecule has 0 bridgehead atoms. The van der Waals surface area contributed by atoms with Crippen LogP contribution in [-0.2, 0) is 17.5 Å². The van der Waals surface area contributed by atoms with Crippen LogP contribution in [0.15, 0.2) is 36.5 Å². The van der Waals surface area contributed by atoms with Crippen molar-refractivity contribution >= 4 is 44.7 Å². The molecule has 10 nitrogen and oxygen atoms in total. The van der Waals surface area contributed by atoms with E-state index in [0.717, 1.165) is 24.4 Å². The van der Waals surface area contributed by atoms with Crippen molar-refractivity contribution in [3.63, 3.8) is 0 Å². The molecule has 192 valence electrons. The number of carbonyl (C=O) groups excluding carboxylic acids is 2. The molecule has 3 aromatic heterocycles. The monoisotopic (exact) mass is 536 g/mol. The van der Waals surface area contributed by atoms with E-state index >= 15 is 0 Å². The lowest BCUT2D eigenvalue weighted by molar-refractivity contribution is -0.385.